The summed E-state index contributed by atoms with van der Waals surface area (Å²) >= 11 is 0. The Balaban J connectivity index is 1.46. The minimum Gasteiger partial charge on any atom is -0.494 e. The number of unbranched alkanes of at least 4 members (excludes halogenated alkanes) is 9. The molecule has 184 valence electrons. The fraction of sp³-hybridized carbons (Fsp3) is 0.452. The summed E-state index contributed by atoms with van der Waals surface area (Å²) in [5.74, 6) is -0.0205. The minimum atomic E-state index is -0.903. The number of benzene rings is 2. The molecule has 2 rings (SSSR count). The first-order valence-corrected chi connectivity index (χ1v) is 13.1. The molecular weight excluding hydrogens is 420 g/mol. The number of hydrogen-bond donors (Lipinski definition) is 1. The molecule has 0 bridgehead atoms. The molecule has 0 aliphatic rings. The van der Waals surface area contributed by atoms with Gasteiger partial charge in [0.15, 0.2) is 0 Å². The Morgan fingerprint density at radius 3 is 1.82 bits per heavy atom. The molecule has 0 heterocycles. The van der Waals surface area contributed by atoms with Gasteiger partial charge < -0.3 is 9.84 Å². The van der Waals surface area contributed by atoms with Crippen molar-refractivity contribution >= 4 is 5.97 Å². The van der Waals surface area contributed by atoms with Crippen molar-refractivity contribution in [1.29, 1.82) is 0 Å². The first-order chi connectivity index (χ1) is 16.7. The van der Waals surface area contributed by atoms with Gasteiger partial charge in [-0.1, -0.05) is 94.0 Å². The third kappa shape index (κ3) is 11.9. The van der Waals surface area contributed by atoms with E-state index in [-0.39, 0.29) is 0 Å². The normalized spacial score (nSPS) is 11.4. The van der Waals surface area contributed by atoms with Gasteiger partial charge in [0.25, 0.3) is 0 Å². The van der Waals surface area contributed by atoms with Crippen molar-refractivity contribution in [2.45, 2.75) is 84.0 Å². The Morgan fingerprint density at radius 2 is 1.24 bits per heavy atom. The van der Waals surface area contributed by atoms with Crippen molar-refractivity contribution in [2.24, 2.45) is 0 Å². The zero-order valence-electron chi connectivity index (χ0n) is 20.9. The zero-order chi connectivity index (χ0) is 24.3. The minimum absolute atomic E-state index is 0.303. The molecule has 0 spiro atoms. The van der Waals surface area contributed by atoms with Crippen LogP contribution in [0.25, 0.3) is 11.1 Å². The molecule has 2 aromatic carbocycles. The van der Waals surface area contributed by atoms with Gasteiger partial charge in [0.05, 0.1) is 12.2 Å². The molecule has 0 fully saturated rings. The summed E-state index contributed by atoms with van der Waals surface area (Å²) in [5.41, 5.74) is 2.36. The van der Waals surface area contributed by atoms with Crippen LogP contribution in [0.4, 0.5) is 0 Å². The predicted octanol–water partition coefficient (Wildman–Crippen LogP) is 9.24. The van der Waals surface area contributed by atoms with Crippen LogP contribution in [0.15, 0.2) is 72.8 Å². The smallest absolute Gasteiger partial charge is 0.335 e. The van der Waals surface area contributed by atoms with E-state index in [1.54, 1.807) is 12.1 Å². The molecule has 3 heteroatoms. The van der Waals surface area contributed by atoms with Crippen LogP contribution in [0.2, 0.25) is 0 Å². The molecule has 34 heavy (non-hydrogen) atoms. The van der Waals surface area contributed by atoms with Crippen molar-refractivity contribution in [3.05, 3.63) is 78.4 Å². The maximum absolute atomic E-state index is 11.0. The number of aromatic carboxylic acids is 1. The fourth-order valence-electron chi connectivity index (χ4n) is 3.83. The Morgan fingerprint density at radius 1 is 0.706 bits per heavy atom. The van der Waals surface area contributed by atoms with E-state index in [1.165, 1.54) is 64.2 Å². The average Bonchev–Trinajstić information content (AvgIpc) is 2.86. The highest BCUT2D eigenvalue weighted by molar-refractivity contribution is 5.88. The molecular formula is C31H42O3. The summed E-state index contributed by atoms with van der Waals surface area (Å²) in [7, 11) is 0. The average molecular weight is 463 g/mol. The number of carboxylic acid groups (broad SMARTS) is 1. The van der Waals surface area contributed by atoms with E-state index in [2.05, 4.69) is 31.2 Å². The molecule has 0 radical (unpaired) electrons. The SMILES string of the molecule is CCCCCC=CCC=CCCCCCCCCOc1ccc(-c2ccc(C(=O)O)cc2)cc1. The lowest BCUT2D eigenvalue weighted by molar-refractivity contribution is 0.0697. The number of hydrogen-bond acceptors (Lipinski definition) is 2. The quantitative estimate of drug-likeness (QED) is 0.177. The Bertz CT molecular complexity index is 847. The number of rotatable bonds is 18. The maximum Gasteiger partial charge on any atom is 0.335 e. The van der Waals surface area contributed by atoms with Crippen molar-refractivity contribution in [2.75, 3.05) is 6.61 Å². The van der Waals surface area contributed by atoms with Crippen molar-refractivity contribution < 1.29 is 14.6 Å². The van der Waals surface area contributed by atoms with Crippen LogP contribution in [0.3, 0.4) is 0 Å². The van der Waals surface area contributed by atoms with E-state index in [4.69, 9.17) is 9.84 Å². The Hall–Kier alpha value is -2.81. The van der Waals surface area contributed by atoms with Crippen molar-refractivity contribution in [3.63, 3.8) is 0 Å². The molecule has 0 aliphatic heterocycles. The van der Waals surface area contributed by atoms with Gasteiger partial charge in [-0.15, -0.1) is 0 Å². The van der Waals surface area contributed by atoms with Crippen LogP contribution >= 0.6 is 0 Å². The van der Waals surface area contributed by atoms with Crippen LogP contribution in [0, 0.1) is 0 Å². The van der Waals surface area contributed by atoms with Crippen LogP contribution in [-0.2, 0) is 0 Å². The van der Waals surface area contributed by atoms with Crippen LogP contribution in [0.5, 0.6) is 5.75 Å². The lowest BCUT2D eigenvalue weighted by Crippen LogP contribution is -1.97. The van der Waals surface area contributed by atoms with E-state index in [1.807, 2.05) is 36.4 Å². The molecule has 0 amide bonds. The standard InChI is InChI=1S/C31H42O3/c1-2-3-4-5-6-7-8-9-10-11-12-13-14-15-16-17-26-34-30-24-22-28(23-25-30)27-18-20-29(21-19-27)31(32)33/h6-7,9-10,18-25H,2-5,8,11-17,26H2,1H3,(H,32,33). The fourth-order valence-corrected chi connectivity index (χ4v) is 3.83. The van der Waals surface area contributed by atoms with Gasteiger partial charge >= 0.3 is 5.97 Å². The number of carbonyl (C=O) groups is 1. The second-order valence-corrected chi connectivity index (χ2v) is 8.84. The first kappa shape index (κ1) is 27.4. The molecule has 0 saturated carbocycles. The van der Waals surface area contributed by atoms with E-state index in [0.29, 0.717) is 5.56 Å². The van der Waals surface area contributed by atoms with E-state index in [0.717, 1.165) is 36.3 Å². The molecule has 3 nitrogen and oxygen atoms in total. The number of ether oxygens (including phenoxy) is 1. The van der Waals surface area contributed by atoms with E-state index >= 15 is 0 Å². The summed E-state index contributed by atoms with van der Waals surface area (Å²) in [6, 6.07) is 14.9. The third-order valence-electron chi connectivity index (χ3n) is 5.93. The Labute approximate surface area is 206 Å². The maximum atomic E-state index is 11.0. The molecule has 0 unspecified atom stereocenters. The second-order valence-electron chi connectivity index (χ2n) is 8.84. The molecule has 0 aromatic heterocycles. The van der Waals surface area contributed by atoms with Gasteiger partial charge in [-0.2, -0.15) is 0 Å². The van der Waals surface area contributed by atoms with Crippen molar-refractivity contribution in [1.82, 2.24) is 0 Å². The van der Waals surface area contributed by atoms with Crippen LogP contribution < -0.4 is 4.74 Å². The Kier molecular flexibility index (Phi) is 14.2. The van der Waals surface area contributed by atoms with Gasteiger partial charge in [-0.25, -0.2) is 4.79 Å². The lowest BCUT2D eigenvalue weighted by atomic mass is 10.0. The highest BCUT2D eigenvalue weighted by atomic mass is 16.5. The van der Waals surface area contributed by atoms with Gasteiger partial charge in [0, 0.05) is 0 Å². The van der Waals surface area contributed by atoms with E-state index < -0.39 is 5.97 Å². The largest absolute Gasteiger partial charge is 0.494 e. The summed E-state index contributed by atoms with van der Waals surface area (Å²) in [4.78, 5) is 11.0. The predicted molar refractivity (Wildman–Crippen MR) is 144 cm³/mol. The van der Waals surface area contributed by atoms with Crippen molar-refractivity contribution in [3.8, 4) is 16.9 Å². The molecule has 0 atom stereocenters. The number of carboxylic acids is 1. The summed E-state index contributed by atoms with van der Waals surface area (Å²) in [6.07, 6.45) is 24.2. The summed E-state index contributed by atoms with van der Waals surface area (Å²) < 4.78 is 5.87. The van der Waals surface area contributed by atoms with Gasteiger partial charge in [-0.3, -0.25) is 0 Å². The summed E-state index contributed by atoms with van der Waals surface area (Å²) in [6.45, 7) is 3.00. The molecule has 1 N–H and O–H groups in total. The van der Waals surface area contributed by atoms with Gasteiger partial charge in [0.1, 0.15) is 5.75 Å². The summed E-state index contributed by atoms with van der Waals surface area (Å²) in [5, 5.41) is 9.00. The van der Waals surface area contributed by atoms with Crippen LogP contribution in [-0.4, -0.2) is 17.7 Å². The first-order valence-electron chi connectivity index (χ1n) is 13.1. The molecule has 2 aromatic rings. The molecule has 0 aliphatic carbocycles. The topological polar surface area (TPSA) is 46.5 Å². The van der Waals surface area contributed by atoms with Gasteiger partial charge in [0.2, 0.25) is 0 Å². The van der Waals surface area contributed by atoms with Gasteiger partial charge in [-0.05, 0) is 73.9 Å². The number of allylic oxidation sites excluding steroid dienone is 4. The zero-order valence-corrected chi connectivity index (χ0v) is 20.9. The second kappa shape index (κ2) is 17.6. The van der Waals surface area contributed by atoms with E-state index in [9.17, 15) is 4.79 Å². The lowest BCUT2D eigenvalue weighted by Gasteiger charge is -2.08. The van der Waals surface area contributed by atoms with Crippen LogP contribution in [0.1, 0.15) is 94.3 Å². The highest BCUT2D eigenvalue weighted by Crippen LogP contribution is 2.23. The monoisotopic (exact) mass is 462 g/mol. The third-order valence-corrected chi connectivity index (χ3v) is 5.93. The molecule has 0 saturated heterocycles. The highest BCUT2D eigenvalue weighted by Gasteiger charge is 2.03.